The fourth-order valence-corrected chi connectivity index (χ4v) is 2.55. The van der Waals surface area contributed by atoms with Crippen molar-refractivity contribution < 1.29 is 22.3 Å². The van der Waals surface area contributed by atoms with Gasteiger partial charge in [0.2, 0.25) is 0 Å². The SMILES string of the molecule is COC(=O)c1ccc(NS(=O)(=O)c2ccc(F)cc2)cn1. The van der Waals surface area contributed by atoms with E-state index < -0.39 is 21.8 Å². The number of aromatic nitrogens is 1. The number of rotatable bonds is 4. The van der Waals surface area contributed by atoms with Crippen LogP contribution in [0.5, 0.6) is 0 Å². The van der Waals surface area contributed by atoms with Crippen molar-refractivity contribution in [1.29, 1.82) is 0 Å². The molecule has 21 heavy (non-hydrogen) atoms. The van der Waals surface area contributed by atoms with Crippen molar-refractivity contribution in [3.8, 4) is 0 Å². The first kappa shape index (κ1) is 14.9. The molecule has 0 bridgehead atoms. The van der Waals surface area contributed by atoms with Crippen molar-refractivity contribution in [2.45, 2.75) is 4.90 Å². The van der Waals surface area contributed by atoms with Gasteiger partial charge in [-0.3, -0.25) is 4.72 Å². The zero-order chi connectivity index (χ0) is 15.5. The van der Waals surface area contributed by atoms with Gasteiger partial charge in [-0.2, -0.15) is 0 Å². The second kappa shape index (κ2) is 5.88. The van der Waals surface area contributed by atoms with E-state index in [4.69, 9.17) is 0 Å². The summed E-state index contributed by atoms with van der Waals surface area (Å²) in [6.45, 7) is 0. The number of carbonyl (C=O) groups is 1. The Labute approximate surface area is 120 Å². The van der Waals surface area contributed by atoms with Crippen molar-refractivity contribution >= 4 is 21.7 Å². The van der Waals surface area contributed by atoms with Crippen LogP contribution in [0.1, 0.15) is 10.5 Å². The first-order chi connectivity index (χ1) is 9.92. The zero-order valence-corrected chi connectivity index (χ0v) is 11.7. The number of methoxy groups -OCH3 is 1. The van der Waals surface area contributed by atoms with Crippen LogP contribution < -0.4 is 4.72 Å². The minimum Gasteiger partial charge on any atom is -0.464 e. The summed E-state index contributed by atoms with van der Waals surface area (Å²) in [7, 11) is -2.62. The molecule has 0 saturated heterocycles. The molecule has 0 spiro atoms. The second-order valence-electron chi connectivity index (χ2n) is 3.98. The van der Waals surface area contributed by atoms with Gasteiger partial charge < -0.3 is 4.74 Å². The molecule has 1 heterocycles. The van der Waals surface area contributed by atoms with E-state index in [9.17, 15) is 17.6 Å². The van der Waals surface area contributed by atoms with Crippen LogP contribution in [0.15, 0.2) is 47.5 Å². The number of hydrogen-bond acceptors (Lipinski definition) is 5. The Morgan fingerprint density at radius 3 is 2.38 bits per heavy atom. The van der Waals surface area contributed by atoms with Crippen LogP contribution in [0.25, 0.3) is 0 Å². The molecular formula is C13H11FN2O4S. The summed E-state index contributed by atoms with van der Waals surface area (Å²) < 4.78 is 43.6. The quantitative estimate of drug-likeness (QED) is 0.870. The summed E-state index contributed by atoms with van der Waals surface area (Å²) in [6.07, 6.45) is 1.19. The molecule has 0 aliphatic carbocycles. The predicted molar refractivity (Wildman–Crippen MR) is 72.8 cm³/mol. The topological polar surface area (TPSA) is 85.4 Å². The van der Waals surface area contributed by atoms with Gasteiger partial charge in [0.25, 0.3) is 10.0 Å². The van der Waals surface area contributed by atoms with E-state index in [0.29, 0.717) is 0 Å². The lowest BCUT2D eigenvalue weighted by Gasteiger charge is -2.08. The van der Waals surface area contributed by atoms with E-state index in [1.165, 1.54) is 25.4 Å². The molecule has 1 N–H and O–H groups in total. The molecular weight excluding hydrogens is 299 g/mol. The van der Waals surface area contributed by atoms with Crippen molar-refractivity contribution in [3.63, 3.8) is 0 Å². The minimum atomic E-state index is -3.84. The molecule has 0 aliphatic heterocycles. The maximum Gasteiger partial charge on any atom is 0.356 e. The van der Waals surface area contributed by atoms with Crippen LogP contribution >= 0.6 is 0 Å². The van der Waals surface area contributed by atoms with Gasteiger partial charge in [-0.05, 0) is 36.4 Å². The molecule has 6 nitrogen and oxygen atoms in total. The summed E-state index contributed by atoms with van der Waals surface area (Å²) in [4.78, 5) is 14.9. The van der Waals surface area contributed by atoms with Crippen LogP contribution in [0.3, 0.4) is 0 Å². The van der Waals surface area contributed by atoms with Crippen molar-refractivity contribution in [3.05, 3.63) is 54.1 Å². The number of esters is 1. The molecule has 0 unspecified atom stereocenters. The number of benzene rings is 1. The lowest BCUT2D eigenvalue weighted by Crippen LogP contribution is -2.13. The molecule has 110 valence electrons. The largest absolute Gasteiger partial charge is 0.464 e. The van der Waals surface area contributed by atoms with E-state index in [-0.39, 0.29) is 16.3 Å². The summed E-state index contributed by atoms with van der Waals surface area (Å²) >= 11 is 0. The molecule has 0 radical (unpaired) electrons. The number of hydrogen-bond donors (Lipinski definition) is 1. The molecule has 0 fully saturated rings. The zero-order valence-electron chi connectivity index (χ0n) is 10.9. The summed E-state index contributed by atoms with van der Waals surface area (Å²) in [5.74, 6) is -1.15. The van der Waals surface area contributed by atoms with Crippen LogP contribution in [-0.2, 0) is 14.8 Å². The maximum absolute atomic E-state index is 12.8. The van der Waals surface area contributed by atoms with Gasteiger partial charge in [0.15, 0.2) is 0 Å². The summed E-state index contributed by atoms with van der Waals surface area (Å²) in [5, 5.41) is 0. The van der Waals surface area contributed by atoms with Gasteiger partial charge in [0.1, 0.15) is 11.5 Å². The summed E-state index contributed by atoms with van der Waals surface area (Å²) in [6, 6.07) is 7.09. The lowest BCUT2D eigenvalue weighted by atomic mass is 10.3. The Hall–Kier alpha value is -2.48. The highest BCUT2D eigenvalue weighted by atomic mass is 32.2. The van der Waals surface area contributed by atoms with E-state index in [1.807, 2.05) is 0 Å². The monoisotopic (exact) mass is 310 g/mol. The Kier molecular flexibility index (Phi) is 4.18. The van der Waals surface area contributed by atoms with Gasteiger partial charge in [-0.1, -0.05) is 0 Å². The second-order valence-corrected chi connectivity index (χ2v) is 5.67. The molecule has 1 aromatic carbocycles. The predicted octanol–water partition coefficient (Wildman–Crippen LogP) is 1.81. The van der Waals surface area contributed by atoms with Gasteiger partial charge >= 0.3 is 5.97 Å². The molecule has 0 amide bonds. The van der Waals surface area contributed by atoms with Crippen molar-refractivity contribution in [1.82, 2.24) is 4.98 Å². The molecule has 8 heteroatoms. The average molecular weight is 310 g/mol. The summed E-state index contributed by atoms with van der Waals surface area (Å²) in [5.41, 5.74) is 0.231. The third-order valence-corrected chi connectivity index (χ3v) is 3.93. The van der Waals surface area contributed by atoms with E-state index in [2.05, 4.69) is 14.4 Å². The molecule has 0 atom stereocenters. The smallest absolute Gasteiger partial charge is 0.356 e. The number of pyridine rings is 1. The Bertz CT molecular complexity index is 743. The van der Waals surface area contributed by atoms with Crippen LogP contribution in [-0.4, -0.2) is 26.5 Å². The van der Waals surface area contributed by atoms with Crippen LogP contribution in [0, 0.1) is 5.82 Å². The highest BCUT2D eigenvalue weighted by Gasteiger charge is 2.15. The number of sulfonamides is 1. The fourth-order valence-electron chi connectivity index (χ4n) is 1.51. The van der Waals surface area contributed by atoms with Gasteiger partial charge in [0.05, 0.1) is 23.9 Å². The lowest BCUT2D eigenvalue weighted by molar-refractivity contribution is 0.0594. The number of ether oxygens (including phenoxy) is 1. The number of carbonyl (C=O) groups excluding carboxylic acids is 1. The molecule has 2 rings (SSSR count). The number of nitrogens with one attached hydrogen (secondary N) is 1. The highest BCUT2D eigenvalue weighted by Crippen LogP contribution is 2.16. The molecule has 0 saturated carbocycles. The Morgan fingerprint density at radius 1 is 1.19 bits per heavy atom. The van der Waals surface area contributed by atoms with Gasteiger partial charge in [-0.25, -0.2) is 22.6 Å². The van der Waals surface area contributed by atoms with Crippen molar-refractivity contribution in [2.24, 2.45) is 0 Å². The third kappa shape index (κ3) is 3.54. The number of halogens is 1. The van der Waals surface area contributed by atoms with Crippen LogP contribution in [0.4, 0.5) is 10.1 Å². The number of anilines is 1. The standard InChI is InChI=1S/C13H11FN2O4S/c1-20-13(17)12-7-4-10(8-15-12)16-21(18,19)11-5-2-9(14)3-6-11/h2-8,16H,1H3. The normalized spacial score (nSPS) is 11.0. The van der Waals surface area contributed by atoms with Crippen molar-refractivity contribution in [2.75, 3.05) is 11.8 Å². The minimum absolute atomic E-state index is 0.0576. The maximum atomic E-state index is 12.8. The van der Waals surface area contributed by atoms with Crippen LogP contribution in [0.2, 0.25) is 0 Å². The Balaban J connectivity index is 2.20. The molecule has 2 aromatic rings. The van der Waals surface area contributed by atoms with Gasteiger partial charge in [0, 0.05) is 0 Å². The molecule has 1 aromatic heterocycles. The third-order valence-electron chi connectivity index (χ3n) is 2.53. The average Bonchev–Trinajstić information content (AvgIpc) is 2.47. The van der Waals surface area contributed by atoms with E-state index in [0.717, 1.165) is 24.3 Å². The fraction of sp³-hybridized carbons (Fsp3) is 0.0769. The number of nitrogens with zero attached hydrogens (tertiary/aromatic N) is 1. The first-order valence-corrected chi connectivity index (χ1v) is 7.23. The highest BCUT2D eigenvalue weighted by molar-refractivity contribution is 7.92. The molecule has 0 aliphatic rings. The van der Waals surface area contributed by atoms with E-state index in [1.54, 1.807) is 0 Å². The van der Waals surface area contributed by atoms with Gasteiger partial charge in [-0.15, -0.1) is 0 Å². The van der Waals surface area contributed by atoms with E-state index >= 15 is 0 Å². The first-order valence-electron chi connectivity index (χ1n) is 5.75. The Morgan fingerprint density at radius 2 is 1.86 bits per heavy atom.